The highest BCUT2D eigenvalue weighted by Crippen LogP contribution is 2.32. The van der Waals surface area contributed by atoms with Crippen molar-refractivity contribution in [2.75, 3.05) is 5.32 Å². The van der Waals surface area contributed by atoms with Gasteiger partial charge in [0.15, 0.2) is 0 Å². The standard InChI is InChI=1S/C21H15N3O5S/c1-13(25)22-15-9-7-14(8-10-15)20-19-17(11-12-18(26)21(19)27)24(23-20)30(28,29)16-5-3-2-4-6-16/h2-12H,1H3,(H,22,25). The first kappa shape index (κ1) is 19.5. The molecular formula is C21H15N3O5S. The number of Topliss-reactive ketones (excluding diaryl/α,β-unsaturated/α-hetero) is 1. The number of benzene rings is 2. The molecule has 9 heteroatoms. The largest absolute Gasteiger partial charge is 0.326 e. The average molecular weight is 421 g/mol. The molecule has 1 aliphatic rings. The molecule has 4 rings (SSSR count). The molecule has 0 radical (unpaired) electrons. The zero-order valence-electron chi connectivity index (χ0n) is 15.7. The van der Waals surface area contributed by atoms with Gasteiger partial charge in [0.2, 0.25) is 17.5 Å². The van der Waals surface area contributed by atoms with E-state index in [0.29, 0.717) is 11.3 Å². The SMILES string of the molecule is CC(=O)Nc1ccc(-c2nn(S(=O)(=O)c3ccccc3)c3c2C(=O)C(=O)C=C3)cc1. The van der Waals surface area contributed by atoms with E-state index in [9.17, 15) is 22.8 Å². The van der Waals surface area contributed by atoms with Gasteiger partial charge in [-0.05, 0) is 36.4 Å². The fraction of sp³-hybridized carbons (Fsp3) is 0.0476. The van der Waals surface area contributed by atoms with Crippen molar-refractivity contribution in [1.29, 1.82) is 0 Å². The third-order valence-corrected chi connectivity index (χ3v) is 6.08. The van der Waals surface area contributed by atoms with E-state index in [1.54, 1.807) is 42.5 Å². The molecule has 1 aliphatic carbocycles. The number of hydrogen-bond acceptors (Lipinski definition) is 6. The molecule has 0 spiro atoms. The predicted octanol–water partition coefficient (Wildman–Crippen LogP) is 2.52. The Morgan fingerprint density at radius 3 is 2.27 bits per heavy atom. The van der Waals surface area contributed by atoms with Crippen LogP contribution >= 0.6 is 0 Å². The van der Waals surface area contributed by atoms with Crippen LogP contribution < -0.4 is 5.32 Å². The molecule has 150 valence electrons. The van der Waals surface area contributed by atoms with Crippen molar-refractivity contribution in [3.05, 3.63) is 71.9 Å². The summed E-state index contributed by atoms with van der Waals surface area (Å²) in [4.78, 5) is 35.8. The Morgan fingerprint density at radius 2 is 1.63 bits per heavy atom. The predicted molar refractivity (Wildman–Crippen MR) is 109 cm³/mol. The van der Waals surface area contributed by atoms with Crippen molar-refractivity contribution in [3.63, 3.8) is 0 Å². The van der Waals surface area contributed by atoms with Gasteiger partial charge in [0.1, 0.15) is 5.69 Å². The van der Waals surface area contributed by atoms with Gasteiger partial charge in [-0.25, -0.2) is 0 Å². The molecule has 0 fully saturated rings. The first-order valence-electron chi connectivity index (χ1n) is 8.87. The van der Waals surface area contributed by atoms with E-state index in [1.165, 1.54) is 25.1 Å². The van der Waals surface area contributed by atoms with Crippen LogP contribution in [0.25, 0.3) is 17.3 Å². The molecule has 0 bridgehead atoms. The van der Waals surface area contributed by atoms with Crippen LogP contribution in [0, 0.1) is 0 Å². The van der Waals surface area contributed by atoms with E-state index in [0.717, 1.165) is 10.2 Å². The molecular weight excluding hydrogens is 406 g/mol. The average Bonchev–Trinajstić information content (AvgIpc) is 3.13. The van der Waals surface area contributed by atoms with Crippen LogP contribution in [0.5, 0.6) is 0 Å². The van der Waals surface area contributed by atoms with Crippen LogP contribution in [0.4, 0.5) is 5.69 Å². The van der Waals surface area contributed by atoms with Gasteiger partial charge < -0.3 is 5.32 Å². The molecule has 1 aromatic heterocycles. The fourth-order valence-electron chi connectivity index (χ4n) is 3.13. The second kappa shape index (κ2) is 7.20. The first-order chi connectivity index (χ1) is 14.3. The number of allylic oxidation sites excluding steroid dienone is 1. The molecule has 0 aliphatic heterocycles. The Balaban J connectivity index is 1.91. The van der Waals surface area contributed by atoms with Gasteiger partial charge in [-0.15, -0.1) is 0 Å². The Morgan fingerprint density at radius 1 is 0.967 bits per heavy atom. The van der Waals surface area contributed by atoms with Gasteiger partial charge in [0, 0.05) is 18.2 Å². The van der Waals surface area contributed by atoms with Crippen molar-refractivity contribution in [1.82, 2.24) is 9.19 Å². The van der Waals surface area contributed by atoms with Crippen molar-refractivity contribution in [2.45, 2.75) is 11.8 Å². The number of rotatable bonds is 4. The summed E-state index contributed by atoms with van der Waals surface area (Å²) in [5.74, 6) is -1.83. The first-order valence-corrected chi connectivity index (χ1v) is 10.3. The lowest BCUT2D eigenvalue weighted by Gasteiger charge is -2.09. The molecule has 30 heavy (non-hydrogen) atoms. The van der Waals surface area contributed by atoms with E-state index < -0.39 is 21.6 Å². The summed E-state index contributed by atoms with van der Waals surface area (Å²) < 4.78 is 27.0. The molecule has 1 N–H and O–H groups in total. The summed E-state index contributed by atoms with van der Waals surface area (Å²) >= 11 is 0. The van der Waals surface area contributed by atoms with Crippen LogP contribution in [0.15, 0.2) is 65.6 Å². The Hall–Kier alpha value is -3.85. The highest BCUT2D eigenvalue weighted by atomic mass is 32.2. The molecule has 2 aromatic carbocycles. The number of carbonyl (C=O) groups is 3. The number of hydrogen-bond donors (Lipinski definition) is 1. The van der Waals surface area contributed by atoms with Gasteiger partial charge in [-0.3, -0.25) is 14.4 Å². The van der Waals surface area contributed by atoms with E-state index in [4.69, 9.17) is 0 Å². The Bertz CT molecular complexity index is 1320. The van der Waals surface area contributed by atoms with Crippen molar-refractivity contribution < 1.29 is 22.8 Å². The molecule has 8 nitrogen and oxygen atoms in total. The summed E-state index contributed by atoms with van der Waals surface area (Å²) in [5, 5.41) is 6.82. The number of nitrogens with one attached hydrogen (secondary N) is 1. The summed E-state index contributed by atoms with van der Waals surface area (Å²) in [6, 6.07) is 14.0. The minimum atomic E-state index is -4.10. The number of anilines is 1. The Kier molecular flexibility index (Phi) is 4.67. The van der Waals surface area contributed by atoms with Crippen molar-refractivity contribution >= 4 is 39.3 Å². The van der Waals surface area contributed by atoms with E-state index >= 15 is 0 Å². The molecule has 3 aromatic rings. The quantitative estimate of drug-likeness (QED) is 0.648. The van der Waals surface area contributed by atoms with Gasteiger partial charge in [-0.1, -0.05) is 30.3 Å². The van der Waals surface area contributed by atoms with Gasteiger partial charge in [0.05, 0.1) is 16.2 Å². The second-order valence-corrected chi connectivity index (χ2v) is 8.32. The molecule has 1 heterocycles. The number of ketones is 2. The zero-order valence-corrected chi connectivity index (χ0v) is 16.5. The molecule has 0 unspecified atom stereocenters. The monoisotopic (exact) mass is 421 g/mol. The number of carbonyl (C=O) groups excluding carboxylic acids is 3. The smallest absolute Gasteiger partial charge is 0.283 e. The fourth-order valence-corrected chi connectivity index (χ4v) is 4.43. The van der Waals surface area contributed by atoms with E-state index in [-0.39, 0.29) is 27.8 Å². The zero-order chi connectivity index (χ0) is 21.5. The van der Waals surface area contributed by atoms with Crippen LogP contribution in [0.2, 0.25) is 0 Å². The van der Waals surface area contributed by atoms with Gasteiger partial charge in [-0.2, -0.15) is 17.6 Å². The van der Waals surface area contributed by atoms with Gasteiger partial charge in [0.25, 0.3) is 10.0 Å². The third-order valence-electron chi connectivity index (χ3n) is 4.48. The summed E-state index contributed by atoms with van der Waals surface area (Å²) in [7, 11) is -4.10. The lowest BCUT2D eigenvalue weighted by Crippen LogP contribution is -2.20. The molecule has 0 saturated carbocycles. The number of aromatic nitrogens is 2. The number of amides is 1. The van der Waals surface area contributed by atoms with Crippen molar-refractivity contribution in [2.24, 2.45) is 0 Å². The molecule has 1 amide bonds. The lowest BCUT2D eigenvalue weighted by molar-refractivity contribution is -0.114. The summed E-state index contributed by atoms with van der Waals surface area (Å²) in [5.41, 5.74) is 0.970. The number of nitrogens with zero attached hydrogens (tertiary/aromatic N) is 2. The summed E-state index contributed by atoms with van der Waals surface area (Å²) in [6.45, 7) is 1.37. The van der Waals surface area contributed by atoms with Crippen LogP contribution in [0.3, 0.4) is 0 Å². The van der Waals surface area contributed by atoms with Gasteiger partial charge >= 0.3 is 0 Å². The topological polar surface area (TPSA) is 115 Å². The third kappa shape index (κ3) is 3.25. The number of fused-ring (bicyclic) bond motifs is 1. The molecule has 0 atom stereocenters. The van der Waals surface area contributed by atoms with Crippen LogP contribution in [-0.2, 0) is 19.6 Å². The Labute approximate surface area is 171 Å². The minimum Gasteiger partial charge on any atom is -0.326 e. The maximum Gasteiger partial charge on any atom is 0.283 e. The maximum atomic E-state index is 13.1. The highest BCUT2D eigenvalue weighted by molar-refractivity contribution is 7.89. The van der Waals surface area contributed by atoms with Crippen LogP contribution in [-0.4, -0.2) is 35.1 Å². The second-order valence-electron chi connectivity index (χ2n) is 6.56. The molecule has 0 saturated heterocycles. The lowest BCUT2D eigenvalue weighted by atomic mass is 9.96. The maximum absolute atomic E-state index is 13.1. The van der Waals surface area contributed by atoms with E-state index in [2.05, 4.69) is 10.4 Å². The van der Waals surface area contributed by atoms with Crippen molar-refractivity contribution in [3.8, 4) is 11.3 Å². The minimum absolute atomic E-state index is 0.000560. The summed E-state index contributed by atoms with van der Waals surface area (Å²) in [6.07, 6.45) is 2.31. The van der Waals surface area contributed by atoms with E-state index in [1.807, 2.05) is 0 Å². The normalized spacial score (nSPS) is 13.2. The van der Waals surface area contributed by atoms with Crippen LogP contribution in [0.1, 0.15) is 23.0 Å². The highest BCUT2D eigenvalue weighted by Gasteiger charge is 2.34.